The van der Waals surface area contributed by atoms with Crippen molar-refractivity contribution in [2.24, 2.45) is 5.73 Å². The molecule has 0 bridgehead atoms. The fraction of sp³-hybridized carbons (Fsp3) is 0.500. The summed E-state index contributed by atoms with van der Waals surface area (Å²) in [4.78, 5) is 0. The molecule has 1 rings (SSSR count). The van der Waals surface area contributed by atoms with Gasteiger partial charge in [0.05, 0.1) is 10.6 Å². The van der Waals surface area contributed by atoms with Crippen LogP contribution in [0.5, 0.6) is 0 Å². The molecule has 0 fully saturated rings. The summed E-state index contributed by atoms with van der Waals surface area (Å²) < 4.78 is 37.4. The molecule has 96 valence electrons. The third-order valence-electron chi connectivity index (χ3n) is 2.60. The average molecular weight is 266 g/mol. The van der Waals surface area contributed by atoms with Crippen molar-refractivity contribution in [3.05, 3.63) is 34.3 Å². The molecule has 0 radical (unpaired) electrons. The van der Waals surface area contributed by atoms with E-state index in [1.807, 2.05) is 6.92 Å². The van der Waals surface area contributed by atoms with Crippen LogP contribution in [0.4, 0.5) is 13.2 Å². The van der Waals surface area contributed by atoms with Crippen LogP contribution in [0.3, 0.4) is 0 Å². The highest BCUT2D eigenvalue weighted by atomic mass is 35.5. The first kappa shape index (κ1) is 14.3. The fourth-order valence-electron chi connectivity index (χ4n) is 1.58. The van der Waals surface area contributed by atoms with E-state index in [9.17, 15) is 13.2 Å². The van der Waals surface area contributed by atoms with E-state index >= 15 is 0 Å². The van der Waals surface area contributed by atoms with E-state index in [2.05, 4.69) is 0 Å². The number of alkyl halides is 3. The maximum absolute atomic E-state index is 12.5. The minimum atomic E-state index is -4.41. The summed E-state index contributed by atoms with van der Waals surface area (Å²) in [7, 11) is 0. The van der Waals surface area contributed by atoms with Crippen LogP contribution in [0, 0.1) is 0 Å². The Morgan fingerprint density at radius 1 is 1.35 bits per heavy atom. The van der Waals surface area contributed by atoms with Gasteiger partial charge in [-0.2, -0.15) is 13.2 Å². The molecule has 0 heterocycles. The molecule has 0 aromatic heterocycles. The Bertz CT molecular complexity index is 377. The van der Waals surface area contributed by atoms with E-state index in [-0.39, 0.29) is 11.1 Å². The lowest BCUT2D eigenvalue weighted by Crippen LogP contribution is -2.12. The van der Waals surface area contributed by atoms with Crippen molar-refractivity contribution in [1.82, 2.24) is 0 Å². The molecule has 0 aliphatic heterocycles. The third kappa shape index (κ3) is 3.89. The smallest absolute Gasteiger partial charge is 0.324 e. The van der Waals surface area contributed by atoms with Crippen LogP contribution >= 0.6 is 11.6 Å². The zero-order valence-corrected chi connectivity index (χ0v) is 10.3. The first-order valence-corrected chi connectivity index (χ1v) is 5.86. The zero-order valence-electron chi connectivity index (χ0n) is 9.52. The summed E-state index contributed by atoms with van der Waals surface area (Å²) in [5.41, 5.74) is 5.70. The standard InChI is InChI=1S/C12H15ClF3N/c1-2-3-4-11(17)8-5-6-9(10(13)7-8)12(14,15)16/h5-7,11H,2-4,17H2,1H3/t11-/m1/s1. The van der Waals surface area contributed by atoms with Gasteiger partial charge in [0.15, 0.2) is 0 Å². The number of hydrogen-bond acceptors (Lipinski definition) is 1. The van der Waals surface area contributed by atoms with Crippen molar-refractivity contribution in [2.45, 2.75) is 38.4 Å². The first-order valence-electron chi connectivity index (χ1n) is 5.48. The Labute approximate surface area is 104 Å². The largest absolute Gasteiger partial charge is 0.417 e. The third-order valence-corrected chi connectivity index (χ3v) is 2.91. The second-order valence-electron chi connectivity index (χ2n) is 3.99. The topological polar surface area (TPSA) is 26.0 Å². The van der Waals surface area contributed by atoms with Crippen LogP contribution in [-0.4, -0.2) is 0 Å². The Morgan fingerprint density at radius 3 is 2.47 bits per heavy atom. The molecule has 0 saturated heterocycles. The van der Waals surface area contributed by atoms with Crippen molar-refractivity contribution in [3.63, 3.8) is 0 Å². The van der Waals surface area contributed by atoms with Gasteiger partial charge in [-0.3, -0.25) is 0 Å². The molecule has 5 heteroatoms. The summed E-state index contributed by atoms with van der Waals surface area (Å²) in [6.45, 7) is 2.03. The van der Waals surface area contributed by atoms with E-state index in [1.54, 1.807) is 0 Å². The normalized spacial score (nSPS) is 13.8. The van der Waals surface area contributed by atoms with E-state index < -0.39 is 11.7 Å². The molecule has 2 N–H and O–H groups in total. The molecule has 0 aliphatic rings. The molecule has 1 nitrogen and oxygen atoms in total. The van der Waals surface area contributed by atoms with Crippen molar-refractivity contribution in [2.75, 3.05) is 0 Å². The van der Waals surface area contributed by atoms with Crippen molar-refractivity contribution in [1.29, 1.82) is 0 Å². The molecule has 1 aromatic rings. The number of hydrogen-bond donors (Lipinski definition) is 1. The van der Waals surface area contributed by atoms with Gasteiger partial charge in [0.1, 0.15) is 0 Å². The lowest BCUT2D eigenvalue weighted by molar-refractivity contribution is -0.137. The molecule has 0 unspecified atom stereocenters. The second-order valence-corrected chi connectivity index (χ2v) is 4.39. The number of halogens is 4. The zero-order chi connectivity index (χ0) is 13.1. The Kier molecular flexibility index (Phi) is 4.83. The SMILES string of the molecule is CCCC[C@@H](N)c1ccc(C(F)(F)F)c(Cl)c1. The van der Waals surface area contributed by atoms with Gasteiger partial charge in [0.25, 0.3) is 0 Å². The summed E-state index contributed by atoms with van der Waals surface area (Å²) in [5, 5.41) is -0.290. The van der Waals surface area contributed by atoms with E-state index in [0.29, 0.717) is 5.56 Å². The van der Waals surface area contributed by atoms with E-state index in [1.165, 1.54) is 12.1 Å². The van der Waals surface area contributed by atoms with E-state index in [0.717, 1.165) is 25.3 Å². The van der Waals surface area contributed by atoms with E-state index in [4.69, 9.17) is 17.3 Å². The highest BCUT2D eigenvalue weighted by Crippen LogP contribution is 2.35. The first-order chi connectivity index (χ1) is 7.86. The minimum absolute atomic E-state index is 0.255. The van der Waals surface area contributed by atoms with Crippen molar-refractivity contribution < 1.29 is 13.2 Å². The Hall–Kier alpha value is -0.740. The van der Waals surface area contributed by atoms with Gasteiger partial charge in [-0.15, -0.1) is 0 Å². The van der Waals surface area contributed by atoms with Gasteiger partial charge in [0, 0.05) is 6.04 Å². The molecule has 1 aromatic carbocycles. The Morgan fingerprint density at radius 2 is 2.00 bits per heavy atom. The lowest BCUT2D eigenvalue weighted by atomic mass is 10.0. The summed E-state index contributed by atoms with van der Waals surface area (Å²) in [5.74, 6) is 0. The predicted molar refractivity (Wildman–Crippen MR) is 62.9 cm³/mol. The molecule has 0 saturated carbocycles. The predicted octanol–water partition coefficient (Wildman–Crippen LogP) is 4.55. The minimum Gasteiger partial charge on any atom is -0.324 e. The summed E-state index contributed by atoms with van der Waals surface area (Å²) in [6.07, 6.45) is -1.72. The quantitative estimate of drug-likeness (QED) is 0.849. The number of unbranched alkanes of at least 4 members (excludes halogenated alkanes) is 1. The monoisotopic (exact) mass is 265 g/mol. The van der Waals surface area contributed by atoms with Crippen LogP contribution in [-0.2, 0) is 6.18 Å². The van der Waals surface area contributed by atoms with Crippen LogP contribution in [0.25, 0.3) is 0 Å². The molecule has 1 atom stereocenters. The molecular weight excluding hydrogens is 251 g/mol. The van der Waals surface area contributed by atoms with Gasteiger partial charge in [-0.1, -0.05) is 37.4 Å². The van der Waals surface area contributed by atoms with Crippen LogP contribution < -0.4 is 5.73 Å². The summed E-state index contributed by atoms with van der Waals surface area (Å²) in [6, 6.07) is 3.44. The van der Waals surface area contributed by atoms with Crippen LogP contribution in [0.1, 0.15) is 43.4 Å². The van der Waals surface area contributed by atoms with Crippen molar-refractivity contribution >= 4 is 11.6 Å². The molecule has 0 spiro atoms. The number of nitrogens with two attached hydrogens (primary N) is 1. The van der Waals surface area contributed by atoms with Crippen molar-refractivity contribution in [3.8, 4) is 0 Å². The maximum Gasteiger partial charge on any atom is 0.417 e. The van der Waals surface area contributed by atoms with Crippen LogP contribution in [0.2, 0.25) is 5.02 Å². The Balaban J connectivity index is 2.89. The lowest BCUT2D eigenvalue weighted by Gasteiger charge is -2.14. The molecular formula is C12H15ClF3N. The summed E-state index contributed by atoms with van der Waals surface area (Å²) >= 11 is 5.62. The van der Waals surface area contributed by atoms with Gasteiger partial charge < -0.3 is 5.73 Å². The number of benzene rings is 1. The second kappa shape index (κ2) is 5.74. The van der Waals surface area contributed by atoms with Gasteiger partial charge >= 0.3 is 6.18 Å². The van der Waals surface area contributed by atoms with Gasteiger partial charge in [-0.25, -0.2) is 0 Å². The highest BCUT2D eigenvalue weighted by molar-refractivity contribution is 6.31. The maximum atomic E-state index is 12.5. The molecule has 0 aliphatic carbocycles. The van der Waals surface area contributed by atoms with Gasteiger partial charge in [0.2, 0.25) is 0 Å². The highest BCUT2D eigenvalue weighted by Gasteiger charge is 2.33. The number of rotatable bonds is 4. The average Bonchev–Trinajstić information content (AvgIpc) is 2.23. The fourth-order valence-corrected chi connectivity index (χ4v) is 1.88. The van der Waals surface area contributed by atoms with Gasteiger partial charge in [-0.05, 0) is 24.1 Å². The molecule has 17 heavy (non-hydrogen) atoms. The van der Waals surface area contributed by atoms with Crippen LogP contribution in [0.15, 0.2) is 18.2 Å². The molecule has 0 amide bonds.